The molecule has 0 radical (unpaired) electrons. The fraction of sp³-hybridized carbons (Fsp3) is 0.500. The van der Waals surface area contributed by atoms with Crippen molar-refractivity contribution in [2.24, 2.45) is 5.41 Å². The van der Waals surface area contributed by atoms with E-state index in [-0.39, 0.29) is 43.3 Å². The van der Waals surface area contributed by atoms with E-state index in [9.17, 15) is 19.5 Å². The summed E-state index contributed by atoms with van der Waals surface area (Å²) in [4.78, 5) is 39.8. The first-order valence-electron chi connectivity index (χ1n) is 9.76. The number of aliphatic carboxylic acids is 1. The standard InChI is InChI=1S/C20H27N5O5/c1-19(2,3)25-16(4-7-21-25)23-15-11-14(26)10-13(22-15)12-20(17(27)28)5-8-24(9-6-20)18(29)30/h4,7,10-11H,5-6,8-9,12H2,1-3H3,(H,27,28)(H,29,30)(H2,22,23,26). The zero-order valence-electron chi connectivity index (χ0n) is 17.3. The number of piperidine rings is 1. The lowest BCUT2D eigenvalue weighted by Gasteiger charge is -2.37. The van der Waals surface area contributed by atoms with Crippen LogP contribution in [0.1, 0.15) is 39.3 Å². The lowest BCUT2D eigenvalue weighted by atomic mass is 9.75. The minimum Gasteiger partial charge on any atom is -0.481 e. The molecule has 10 heteroatoms. The number of rotatable bonds is 5. The number of anilines is 2. The van der Waals surface area contributed by atoms with E-state index in [1.54, 1.807) is 16.9 Å². The maximum absolute atomic E-state index is 12.3. The molecule has 162 valence electrons. The Labute approximate surface area is 173 Å². The van der Waals surface area contributed by atoms with Gasteiger partial charge in [-0.3, -0.25) is 9.59 Å². The van der Waals surface area contributed by atoms with E-state index in [0.717, 1.165) is 0 Å². The maximum atomic E-state index is 12.3. The van der Waals surface area contributed by atoms with Gasteiger partial charge in [-0.1, -0.05) is 0 Å². The maximum Gasteiger partial charge on any atom is 0.407 e. The summed E-state index contributed by atoms with van der Waals surface area (Å²) in [5.74, 6) is 0.141. The molecule has 1 amide bonds. The number of amides is 1. The van der Waals surface area contributed by atoms with Gasteiger partial charge in [-0.05, 0) is 33.6 Å². The van der Waals surface area contributed by atoms with Gasteiger partial charge in [-0.2, -0.15) is 5.10 Å². The highest BCUT2D eigenvalue weighted by atomic mass is 16.4. The number of carboxylic acid groups (broad SMARTS) is 2. The number of carboxylic acids is 1. The fourth-order valence-corrected chi connectivity index (χ4v) is 3.79. The summed E-state index contributed by atoms with van der Waals surface area (Å²) in [6, 6.07) is 4.58. The Morgan fingerprint density at radius 2 is 1.90 bits per heavy atom. The van der Waals surface area contributed by atoms with Crippen LogP contribution in [0.5, 0.6) is 0 Å². The van der Waals surface area contributed by atoms with Crippen LogP contribution in [-0.4, -0.2) is 55.0 Å². The molecule has 0 atom stereocenters. The van der Waals surface area contributed by atoms with E-state index >= 15 is 0 Å². The number of hydrogen-bond donors (Lipinski definition) is 4. The Morgan fingerprint density at radius 3 is 2.47 bits per heavy atom. The molecule has 0 aliphatic carbocycles. The number of hydrogen-bond acceptors (Lipinski definition) is 5. The van der Waals surface area contributed by atoms with Crippen molar-refractivity contribution in [3.63, 3.8) is 0 Å². The molecule has 1 aliphatic heterocycles. The van der Waals surface area contributed by atoms with Gasteiger partial charge in [0.15, 0.2) is 5.43 Å². The molecule has 10 nitrogen and oxygen atoms in total. The molecule has 0 bridgehead atoms. The van der Waals surface area contributed by atoms with E-state index in [2.05, 4.69) is 15.4 Å². The second-order valence-corrected chi connectivity index (χ2v) is 8.71. The van der Waals surface area contributed by atoms with Gasteiger partial charge in [0.25, 0.3) is 0 Å². The molecular formula is C20H27N5O5. The largest absolute Gasteiger partial charge is 0.481 e. The minimum absolute atomic E-state index is 0.110. The average molecular weight is 417 g/mol. The minimum atomic E-state index is -1.12. The van der Waals surface area contributed by atoms with Gasteiger partial charge < -0.3 is 25.4 Å². The lowest BCUT2D eigenvalue weighted by Crippen LogP contribution is -2.47. The third-order valence-corrected chi connectivity index (χ3v) is 5.41. The van der Waals surface area contributed by atoms with E-state index in [1.165, 1.54) is 17.0 Å². The molecule has 0 aromatic carbocycles. The first kappa shape index (κ1) is 21.4. The SMILES string of the molecule is CC(C)(C)n1nccc1Nc1cc(=O)cc(CC2(C(=O)O)CCN(C(=O)O)CC2)[nH]1. The van der Waals surface area contributed by atoms with Crippen molar-refractivity contribution in [3.8, 4) is 0 Å². The number of aromatic amines is 1. The zero-order valence-corrected chi connectivity index (χ0v) is 17.3. The van der Waals surface area contributed by atoms with Crippen molar-refractivity contribution in [3.05, 3.63) is 40.3 Å². The molecule has 30 heavy (non-hydrogen) atoms. The van der Waals surface area contributed by atoms with E-state index < -0.39 is 17.5 Å². The molecule has 3 rings (SSSR count). The molecule has 0 spiro atoms. The highest BCUT2D eigenvalue weighted by molar-refractivity contribution is 5.76. The number of nitrogens with zero attached hydrogens (tertiary/aromatic N) is 3. The van der Waals surface area contributed by atoms with Crippen molar-refractivity contribution in [2.75, 3.05) is 18.4 Å². The average Bonchev–Trinajstić information content (AvgIpc) is 3.10. The summed E-state index contributed by atoms with van der Waals surface area (Å²) < 4.78 is 1.79. The highest BCUT2D eigenvalue weighted by Crippen LogP contribution is 2.35. The van der Waals surface area contributed by atoms with Crippen molar-refractivity contribution >= 4 is 23.7 Å². The van der Waals surface area contributed by atoms with Gasteiger partial charge in [0.05, 0.1) is 17.2 Å². The fourth-order valence-electron chi connectivity index (χ4n) is 3.79. The Balaban J connectivity index is 1.85. The smallest absolute Gasteiger partial charge is 0.407 e. The van der Waals surface area contributed by atoms with Gasteiger partial charge in [0.1, 0.15) is 11.6 Å². The number of carbonyl (C=O) groups is 2. The molecule has 0 saturated carbocycles. The number of nitrogens with one attached hydrogen (secondary N) is 2. The Kier molecular flexibility index (Phi) is 5.60. The molecule has 1 aliphatic rings. The molecule has 3 heterocycles. The summed E-state index contributed by atoms with van der Waals surface area (Å²) in [5.41, 5.74) is -1.16. The molecule has 2 aromatic rings. The number of aromatic nitrogens is 3. The first-order chi connectivity index (χ1) is 14.0. The van der Waals surface area contributed by atoms with Gasteiger partial charge in [0.2, 0.25) is 0 Å². The Hall–Kier alpha value is -3.30. The first-order valence-corrected chi connectivity index (χ1v) is 9.76. The summed E-state index contributed by atoms with van der Waals surface area (Å²) >= 11 is 0. The van der Waals surface area contributed by atoms with Gasteiger partial charge in [0, 0.05) is 43.4 Å². The quantitative estimate of drug-likeness (QED) is 0.586. The predicted octanol–water partition coefficient (Wildman–Crippen LogP) is 2.46. The lowest BCUT2D eigenvalue weighted by molar-refractivity contribution is -0.151. The molecule has 2 aromatic heterocycles. The molecule has 1 saturated heterocycles. The van der Waals surface area contributed by atoms with E-state index in [0.29, 0.717) is 17.3 Å². The molecule has 4 N–H and O–H groups in total. The summed E-state index contributed by atoms with van der Waals surface area (Å²) in [6.45, 7) is 6.31. The van der Waals surface area contributed by atoms with E-state index in [1.807, 2.05) is 20.8 Å². The number of likely N-dealkylation sites (tertiary alicyclic amines) is 1. The molecule has 0 unspecified atom stereocenters. The Bertz CT molecular complexity index is 996. The topological polar surface area (TPSA) is 141 Å². The van der Waals surface area contributed by atoms with Crippen LogP contribution in [0.2, 0.25) is 0 Å². The molecular weight excluding hydrogens is 390 g/mol. The van der Waals surface area contributed by atoms with Crippen molar-refractivity contribution in [2.45, 2.75) is 45.6 Å². The van der Waals surface area contributed by atoms with Crippen LogP contribution in [0.3, 0.4) is 0 Å². The predicted molar refractivity (Wildman–Crippen MR) is 110 cm³/mol. The van der Waals surface area contributed by atoms with Gasteiger partial charge in [-0.25, -0.2) is 9.48 Å². The van der Waals surface area contributed by atoms with Crippen LogP contribution in [-0.2, 0) is 16.8 Å². The highest BCUT2D eigenvalue weighted by Gasteiger charge is 2.42. The number of H-pyrrole nitrogens is 1. The van der Waals surface area contributed by atoms with E-state index in [4.69, 9.17) is 5.11 Å². The van der Waals surface area contributed by atoms with Crippen molar-refractivity contribution < 1.29 is 19.8 Å². The summed E-state index contributed by atoms with van der Waals surface area (Å²) in [7, 11) is 0. The second-order valence-electron chi connectivity index (χ2n) is 8.71. The van der Waals surface area contributed by atoms with Crippen molar-refractivity contribution in [1.29, 1.82) is 0 Å². The third kappa shape index (κ3) is 4.47. The second kappa shape index (κ2) is 7.85. The van der Waals surface area contributed by atoms with Crippen LogP contribution in [0.4, 0.5) is 16.4 Å². The number of pyridine rings is 1. The zero-order chi connectivity index (χ0) is 22.1. The molecule has 1 fully saturated rings. The van der Waals surface area contributed by atoms with Crippen LogP contribution >= 0.6 is 0 Å². The monoisotopic (exact) mass is 417 g/mol. The third-order valence-electron chi connectivity index (χ3n) is 5.41. The van der Waals surface area contributed by atoms with Crippen molar-refractivity contribution in [1.82, 2.24) is 19.7 Å². The Morgan fingerprint density at radius 1 is 1.23 bits per heavy atom. The van der Waals surface area contributed by atoms with Crippen LogP contribution in [0.25, 0.3) is 0 Å². The van der Waals surface area contributed by atoms with Crippen LogP contribution < -0.4 is 10.7 Å². The van der Waals surface area contributed by atoms with Gasteiger partial charge >= 0.3 is 12.1 Å². The van der Waals surface area contributed by atoms with Gasteiger partial charge in [-0.15, -0.1) is 0 Å². The summed E-state index contributed by atoms with van der Waals surface area (Å²) in [5, 5.41) is 26.5. The normalized spacial score (nSPS) is 16.3. The van der Waals surface area contributed by atoms with Crippen LogP contribution in [0, 0.1) is 5.41 Å². The summed E-state index contributed by atoms with van der Waals surface area (Å²) in [6.07, 6.45) is 1.09. The van der Waals surface area contributed by atoms with Crippen LogP contribution in [0.15, 0.2) is 29.2 Å².